The molecular weight excluding hydrogens is 411 g/mol. The topological polar surface area (TPSA) is 42.9 Å². The predicted octanol–water partition coefficient (Wildman–Crippen LogP) is 6.11. The van der Waals surface area contributed by atoms with Crippen LogP contribution in [0.3, 0.4) is 0 Å². The molecule has 2 fully saturated rings. The average Bonchev–Trinajstić information content (AvgIpc) is 3.39. The van der Waals surface area contributed by atoms with Crippen molar-refractivity contribution >= 4 is 16.7 Å². The van der Waals surface area contributed by atoms with Crippen LogP contribution in [0.25, 0.3) is 10.9 Å². The SMILES string of the molecule is C#Cc1ccc(CC(=O)C(C)(C)C2C[C@H]3CC(c4ccnc5ccc(F)cc45)C[C@H]3C2)nc1. The maximum absolute atomic E-state index is 13.9. The van der Waals surface area contributed by atoms with Gasteiger partial charge in [-0.15, -0.1) is 6.42 Å². The molecule has 0 amide bonds. The molecular formula is C29H29FN2O. The number of fused-ring (bicyclic) bond motifs is 2. The van der Waals surface area contributed by atoms with Crippen molar-refractivity contribution in [1.29, 1.82) is 0 Å². The number of halogens is 1. The van der Waals surface area contributed by atoms with Crippen LogP contribution in [0.4, 0.5) is 4.39 Å². The van der Waals surface area contributed by atoms with Gasteiger partial charge in [0, 0.05) is 40.9 Å². The van der Waals surface area contributed by atoms with E-state index in [0.717, 1.165) is 47.8 Å². The van der Waals surface area contributed by atoms with E-state index in [2.05, 4.69) is 35.8 Å². The third kappa shape index (κ3) is 4.06. The highest BCUT2D eigenvalue weighted by atomic mass is 19.1. The van der Waals surface area contributed by atoms with E-state index in [-0.39, 0.29) is 17.0 Å². The summed E-state index contributed by atoms with van der Waals surface area (Å²) in [4.78, 5) is 22.0. The van der Waals surface area contributed by atoms with Crippen molar-refractivity contribution in [2.45, 2.75) is 51.9 Å². The minimum atomic E-state index is -0.376. The van der Waals surface area contributed by atoms with Crippen molar-refractivity contribution in [3.8, 4) is 12.3 Å². The summed E-state index contributed by atoms with van der Waals surface area (Å²) in [5.74, 6) is 4.67. The Bertz CT molecular complexity index is 1230. The van der Waals surface area contributed by atoms with E-state index in [1.54, 1.807) is 18.3 Å². The molecule has 168 valence electrons. The summed E-state index contributed by atoms with van der Waals surface area (Å²) < 4.78 is 13.9. The van der Waals surface area contributed by atoms with Gasteiger partial charge in [0.1, 0.15) is 11.6 Å². The van der Waals surface area contributed by atoms with Crippen molar-refractivity contribution in [2.24, 2.45) is 23.2 Å². The summed E-state index contributed by atoms with van der Waals surface area (Å²) in [7, 11) is 0. The number of aromatic nitrogens is 2. The summed E-state index contributed by atoms with van der Waals surface area (Å²) in [6.45, 7) is 4.21. The number of nitrogens with zero attached hydrogens (tertiary/aromatic N) is 2. The number of rotatable bonds is 5. The molecule has 4 atom stereocenters. The Morgan fingerprint density at radius 2 is 1.85 bits per heavy atom. The molecule has 5 rings (SSSR count). The van der Waals surface area contributed by atoms with Crippen molar-refractivity contribution in [3.63, 3.8) is 0 Å². The van der Waals surface area contributed by atoms with Crippen molar-refractivity contribution in [2.75, 3.05) is 0 Å². The monoisotopic (exact) mass is 440 g/mol. The minimum absolute atomic E-state index is 0.210. The number of hydrogen-bond donors (Lipinski definition) is 0. The molecule has 3 aromatic rings. The van der Waals surface area contributed by atoms with Gasteiger partial charge in [0.05, 0.1) is 5.52 Å². The lowest BCUT2D eigenvalue weighted by Crippen LogP contribution is -2.33. The third-order valence-corrected chi connectivity index (χ3v) is 8.27. The Balaban J connectivity index is 1.27. The van der Waals surface area contributed by atoms with E-state index in [0.29, 0.717) is 30.1 Å². The fourth-order valence-corrected chi connectivity index (χ4v) is 6.19. The molecule has 0 saturated heterocycles. The van der Waals surface area contributed by atoms with Crippen LogP contribution in [0.15, 0.2) is 48.8 Å². The molecule has 1 aromatic carbocycles. The standard InChI is InChI=1S/C29H29FN2O/c1-4-18-5-7-24(32-17-18)16-28(33)29(2,3)22-13-19-11-21(12-20(19)14-22)25-9-10-31-27-8-6-23(30)15-26(25)27/h1,5-10,15,17,19-22H,11-14,16H2,2-3H3/t19-,20+,21?,22?. The van der Waals surface area contributed by atoms with E-state index in [1.807, 2.05) is 18.3 Å². The van der Waals surface area contributed by atoms with E-state index in [1.165, 1.54) is 11.6 Å². The molecule has 0 spiro atoms. The maximum atomic E-state index is 13.9. The molecule has 2 aromatic heterocycles. The summed E-state index contributed by atoms with van der Waals surface area (Å²) in [5, 5.41) is 0.942. The summed E-state index contributed by atoms with van der Waals surface area (Å²) in [6.07, 6.45) is 13.6. The second-order valence-electron chi connectivity index (χ2n) is 10.4. The lowest BCUT2D eigenvalue weighted by molar-refractivity contribution is -0.129. The molecule has 0 radical (unpaired) electrons. The average molecular weight is 441 g/mol. The van der Waals surface area contributed by atoms with Crippen LogP contribution in [-0.2, 0) is 11.2 Å². The van der Waals surface area contributed by atoms with Gasteiger partial charge in [-0.1, -0.05) is 19.8 Å². The van der Waals surface area contributed by atoms with Gasteiger partial charge in [0.25, 0.3) is 0 Å². The van der Waals surface area contributed by atoms with Crippen LogP contribution in [0.2, 0.25) is 0 Å². The zero-order valence-electron chi connectivity index (χ0n) is 19.2. The molecule has 2 aliphatic carbocycles. The van der Waals surface area contributed by atoms with Gasteiger partial charge >= 0.3 is 0 Å². The van der Waals surface area contributed by atoms with Crippen LogP contribution in [-0.4, -0.2) is 15.8 Å². The van der Waals surface area contributed by atoms with E-state index >= 15 is 0 Å². The molecule has 33 heavy (non-hydrogen) atoms. The normalized spacial score (nSPS) is 24.5. The van der Waals surface area contributed by atoms with Gasteiger partial charge < -0.3 is 0 Å². The van der Waals surface area contributed by atoms with Gasteiger partial charge in [-0.3, -0.25) is 14.8 Å². The molecule has 0 N–H and O–H groups in total. The number of carbonyl (C=O) groups excluding carboxylic acids is 1. The van der Waals surface area contributed by atoms with Crippen molar-refractivity contribution < 1.29 is 9.18 Å². The van der Waals surface area contributed by atoms with Crippen LogP contribution in [0.1, 0.15) is 62.3 Å². The number of hydrogen-bond acceptors (Lipinski definition) is 3. The number of carbonyl (C=O) groups is 1. The van der Waals surface area contributed by atoms with Gasteiger partial charge in [-0.25, -0.2) is 4.39 Å². The van der Waals surface area contributed by atoms with Gasteiger partial charge in [-0.05, 0) is 91.3 Å². The largest absolute Gasteiger partial charge is 0.299 e. The summed E-state index contributed by atoms with van der Waals surface area (Å²) in [6, 6.07) is 10.6. The van der Waals surface area contributed by atoms with Crippen LogP contribution in [0, 0.1) is 41.3 Å². The maximum Gasteiger partial charge on any atom is 0.144 e. The zero-order chi connectivity index (χ0) is 23.2. The summed E-state index contributed by atoms with van der Waals surface area (Å²) in [5.41, 5.74) is 3.22. The van der Waals surface area contributed by atoms with Crippen LogP contribution < -0.4 is 0 Å². The predicted molar refractivity (Wildman–Crippen MR) is 128 cm³/mol. The molecule has 2 heterocycles. The number of benzene rings is 1. The lowest BCUT2D eigenvalue weighted by atomic mass is 9.72. The Morgan fingerprint density at radius 3 is 2.52 bits per heavy atom. The van der Waals surface area contributed by atoms with Gasteiger partial charge in [0.15, 0.2) is 0 Å². The molecule has 4 heteroatoms. The Labute approximate surface area is 194 Å². The van der Waals surface area contributed by atoms with Gasteiger partial charge in [-0.2, -0.15) is 0 Å². The highest BCUT2D eigenvalue weighted by Gasteiger charge is 2.48. The summed E-state index contributed by atoms with van der Waals surface area (Å²) >= 11 is 0. The van der Waals surface area contributed by atoms with Gasteiger partial charge in [0.2, 0.25) is 0 Å². The third-order valence-electron chi connectivity index (χ3n) is 8.27. The van der Waals surface area contributed by atoms with E-state index in [4.69, 9.17) is 6.42 Å². The molecule has 3 nitrogen and oxygen atoms in total. The first-order valence-electron chi connectivity index (χ1n) is 11.8. The zero-order valence-corrected chi connectivity index (χ0v) is 19.2. The number of terminal acetylenes is 1. The highest BCUT2D eigenvalue weighted by Crippen LogP contribution is 2.56. The minimum Gasteiger partial charge on any atom is -0.299 e. The Kier molecular flexibility index (Phi) is 5.52. The first-order valence-corrected chi connectivity index (χ1v) is 11.8. The number of ketones is 1. The molecule has 2 aliphatic rings. The Hall–Kier alpha value is -3.06. The first kappa shape index (κ1) is 21.8. The van der Waals surface area contributed by atoms with Crippen LogP contribution in [0.5, 0.6) is 0 Å². The second-order valence-corrected chi connectivity index (χ2v) is 10.4. The van der Waals surface area contributed by atoms with Crippen molar-refractivity contribution in [3.05, 3.63) is 71.4 Å². The second kappa shape index (κ2) is 8.37. The smallest absolute Gasteiger partial charge is 0.144 e. The van der Waals surface area contributed by atoms with E-state index in [9.17, 15) is 9.18 Å². The molecule has 0 aliphatic heterocycles. The van der Waals surface area contributed by atoms with Crippen molar-refractivity contribution in [1.82, 2.24) is 9.97 Å². The number of pyridine rings is 2. The quantitative estimate of drug-likeness (QED) is 0.450. The molecule has 2 unspecified atom stereocenters. The Morgan fingerprint density at radius 1 is 1.09 bits per heavy atom. The number of Topliss-reactive ketones (excluding diaryl/α,β-unsaturated/α-hetero) is 1. The lowest BCUT2D eigenvalue weighted by Gasteiger charge is -2.31. The fourth-order valence-electron chi connectivity index (χ4n) is 6.19. The van der Waals surface area contributed by atoms with E-state index < -0.39 is 0 Å². The molecule has 0 bridgehead atoms. The van der Waals surface area contributed by atoms with Crippen LogP contribution >= 0.6 is 0 Å². The fraction of sp³-hybridized carbons (Fsp3) is 0.414. The first-order chi connectivity index (χ1) is 15.8. The molecule has 2 saturated carbocycles. The highest BCUT2D eigenvalue weighted by molar-refractivity contribution is 5.86.